The van der Waals surface area contributed by atoms with Crippen LogP contribution in [0.4, 0.5) is 5.69 Å². The molecule has 1 aliphatic carbocycles. The first-order valence-electron chi connectivity index (χ1n) is 7.69. The van der Waals surface area contributed by atoms with E-state index in [4.69, 9.17) is 4.74 Å². The van der Waals surface area contributed by atoms with Crippen molar-refractivity contribution in [2.75, 3.05) is 31.1 Å². The topological polar surface area (TPSA) is 39.2 Å². The predicted octanol–water partition coefficient (Wildman–Crippen LogP) is 1.10. The lowest BCUT2D eigenvalue weighted by Crippen LogP contribution is -2.55. The zero-order valence-corrected chi connectivity index (χ0v) is 11.7. The maximum Gasteiger partial charge on any atom is 0.0867 e. The lowest BCUT2D eigenvalue weighted by atomic mass is 9.91. The minimum atomic E-state index is -0.206. The van der Waals surface area contributed by atoms with E-state index in [1.807, 2.05) is 0 Å². The number of epoxide rings is 1. The van der Waals surface area contributed by atoms with E-state index >= 15 is 0 Å². The van der Waals surface area contributed by atoms with Gasteiger partial charge in [-0.1, -0.05) is 18.2 Å². The molecule has 2 aliphatic heterocycles. The van der Waals surface area contributed by atoms with Crippen molar-refractivity contribution in [1.82, 2.24) is 4.90 Å². The molecule has 0 aromatic heterocycles. The summed E-state index contributed by atoms with van der Waals surface area (Å²) in [5.74, 6) is 0. The number of aliphatic hydroxyl groups excluding tert-OH is 1. The third kappa shape index (κ3) is 2.32. The van der Waals surface area contributed by atoms with Crippen molar-refractivity contribution in [2.45, 2.75) is 37.2 Å². The van der Waals surface area contributed by atoms with Gasteiger partial charge in [0.05, 0.1) is 18.3 Å². The summed E-state index contributed by atoms with van der Waals surface area (Å²) >= 11 is 0. The first kappa shape index (κ1) is 12.6. The van der Waals surface area contributed by atoms with E-state index in [1.54, 1.807) is 0 Å². The highest BCUT2D eigenvalue weighted by Gasteiger charge is 2.49. The summed E-state index contributed by atoms with van der Waals surface area (Å²) in [5.41, 5.74) is 1.31. The summed E-state index contributed by atoms with van der Waals surface area (Å²) in [6, 6.07) is 10.9. The molecular weight excluding hydrogens is 252 g/mol. The molecule has 20 heavy (non-hydrogen) atoms. The van der Waals surface area contributed by atoms with E-state index in [9.17, 15) is 5.11 Å². The first-order valence-corrected chi connectivity index (χ1v) is 7.69. The molecule has 0 unspecified atom stereocenters. The summed E-state index contributed by atoms with van der Waals surface area (Å²) in [7, 11) is 0. The van der Waals surface area contributed by atoms with E-state index in [0.717, 1.165) is 39.0 Å². The van der Waals surface area contributed by atoms with Crippen LogP contribution in [0.25, 0.3) is 0 Å². The molecule has 2 saturated heterocycles. The van der Waals surface area contributed by atoms with Crippen LogP contribution in [0.3, 0.4) is 0 Å². The summed E-state index contributed by atoms with van der Waals surface area (Å²) in [5, 5.41) is 10.3. The Morgan fingerprint density at radius 3 is 2.40 bits per heavy atom. The third-order valence-corrected chi connectivity index (χ3v) is 4.98. The van der Waals surface area contributed by atoms with E-state index < -0.39 is 0 Å². The second kappa shape index (κ2) is 5.02. The highest BCUT2D eigenvalue weighted by molar-refractivity contribution is 5.46. The maximum absolute atomic E-state index is 10.3. The number of rotatable bonds is 2. The van der Waals surface area contributed by atoms with Gasteiger partial charge in [-0.2, -0.15) is 0 Å². The van der Waals surface area contributed by atoms with Gasteiger partial charge in [0.25, 0.3) is 0 Å². The highest BCUT2D eigenvalue weighted by Crippen LogP contribution is 2.38. The zero-order chi connectivity index (χ0) is 13.5. The average molecular weight is 274 g/mol. The maximum atomic E-state index is 10.3. The summed E-state index contributed by atoms with van der Waals surface area (Å²) in [6.07, 6.45) is 2.41. The molecule has 2 heterocycles. The standard InChI is InChI=1S/C16H22N2O2/c19-14-11-16-15(20-16)10-13(14)18-8-6-17(7-9-18)12-4-2-1-3-5-12/h1-5,13-16,19H,6-11H2/t13-,14-,15+,16-/m0/s1. The Morgan fingerprint density at radius 2 is 1.65 bits per heavy atom. The number of fused-ring (bicyclic) bond motifs is 1. The molecule has 0 amide bonds. The Balaban J connectivity index is 1.37. The SMILES string of the molecule is O[C@H]1C[C@@H]2O[C@@H]2C[C@@H]1N1CCN(c2ccccc2)CC1. The van der Waals surface area contributed by atoms with Gasteiger partial charge in [-0.25, -0.2) is 0 Å². The van der Waals surface area contributed by atoms with Crippen molar-refractivity contribution in [2.24, 2.45) is 0 Å². The van der Waals surface area contributed by atoms with E-state index in [2.05, 4.69) is 40.1 Å². The van der Waals surface area contributed by atoms with Gasteiger partial charge in [-0.05, 0) is 18.6 Å². The van der Waals surface area contributed by atoms with Crippen LogP contribution in [-0.4, -0.2) is 60.5 Å². The van der Waals surface area contributed by atoms with Gasteiger partial charge in [0, 0.05) is 44.3 Å². The van der Waals surface area contributed by atoms with Crippen molar-refractivity contribution in [1.29, 1.82) is 0 Å². The van der Waals surface area contributed by atoms with Gasteiger partial charge in [-0.3, -0.25) is 4.90 Å². The van der Waals surface area contributed by atoms with Gasteiger partial charge in [-0.15, -0.1) is 0 Å². The van der Waals surface area contributed by atoms with Gasteiger partial charge < -0.3 is 14.7 Å². The highest BCUT2D eigenvalue weighted by atomic mass is 16.6. The Bertz CT molecular complexity index is 459. The smallest absolute Gasteiger partial charge is 0.0867 e. The number of ether oxygens (including phenoxy) is 1. The molecule has 1 aromatic carbocycles. The Morgan fingerprint density at radius 1 is 0.950 bits per heavy atom. The van der Waals surface area contributed by atoms with Crippen LogP contribution in [0.2, 0.25) is 0 Å². The van der Waals surface area contributed by atoms with Crippen molar-refractivity contribution < 1.29 is 9.84 Å². The van der Waals surface area contributed by atoms with Gasteiger partial charge in [0.2, 0.25) is 0 Å². The molecule has 3 fully saturated rings. The van der Waals surface area contributed by atoms with Gasteiger partial charge in [0.15, 0.2) is 0 Å². The molecule has 4 nitrogen and oxygen atoms in total. The van der Waals surface area contributed by atoms with Crippen molar-refractivity contribution in [3.05, 3.63) is 30.3 Å². The number of aliphatic hydroxyl groups is 1. The van der Waals surface area contributed by atoms with Crippen molar-refractivity contribution in [3.63, 3.8) is 0 Å². The van der Waals surface area contributed by atoms with E-state index in [1.165, 1.54) is 5.69 Å². The van der Waals surface area contributed by atoms with Crippen LogP contribution in [0.5, 0.6) is 0 Å². The third-order valence-electron chi connectivity index (χ3n) is 4.98. The Labute approximate surface area is 119 Å². The number of para-hydroxylation sites is 1. The van der Waals surface area contributed by atoms with E-state index in [-0.39, 0.29) is 6.10 Å². The summed E-state index contributed by atoms with van der Waals surface area (Å²) in [6.45, 7) is 4.16. The van der Waals surface area contributed by atoms with E-state index in [0.29, 0.717) is 18.2 Å². The molecule has 3 aliphatic rings. The molecule has 0 spiro atoms. The molecule has 4 heteroatoms. The monoisotopic (exact) mass is 274 g/mol. The number of nitrogens with zero attached hydrogens (tertiary/aromatic N) is 2. The summed E-state index contributed by atoms with van der Waals surface area (Å²) in [4.78, 5) is 4.89. The fourth-order valence-electron chi connectivity index (χ4n) is 3.73. The van der Waals surface area contributed by atoms with Crippen LogP contribution in [-0.2, 0) is 4.74 Å². The first-order chi connectivity index (χ1) is 9.81. The van der Waals surface area contributed by atoms with Gasteiger partial charge in [0.1, 0.15) is 0 Å². The van der Waals surface area contributed by atoms with Crippen LogP contribution in [0.15, 0.2) is 30.3 Å². The van der Waals surface area contributed by atoms with Gasteiger partial charge >= 0.3 is 0 Å². The van der Waals surface area contributed by atoms with Crippen molar-refractivity contribution in [3.8, 4) is 0 Å². The zero-order valence-electron chi connectivity index (χ0n) is 11.7. The quantitative estimate of drug-likeness (QED) is 0.820. The lowest BCUT2D eigenvalue weighted by Gasteiger charge is -2.42. The minimum Gasteiger partial charge on any atom is -0.391 e. The normalized spacial score (nSPS) is 37.5. The second-order valence-corrected chi connectivity index (χ2v) is 6.18. The Hall–Kier alpha value is -1.10. The predicted molar refractivity (Wildman–Crippen MR) is 77.9 cm³/mol. The fraction of sp³-hybridized carbons (Fsp3) is 0.625. The molecule has 4 atom stereocenters. The molecule has 0 bridgehead atoms. The lowest BCUT2D eigenvalue weighted by molar-refractivity contribution is 0.0257. The molecule has 0 radical (unpaired) electrons. The number of benzene rings is 1. The number of anilines is 1. The van der Waals surface area contributed by atoms with Crippen LogP contribution < -0.4 is 4.90 Å². The Kier molecular flexibility index (Phi) is 3.17. The minimum absolute atomic E-state index is 0.206. The summed E-state index contributed by atoms with van der Waals surface area (Å²) < 4.78 is 5.56. The molecule has 1 saturated carbocycles. The molecular formula is C16H22N2O2. The number of hydrogen-bond acceptors (Lipinski definition) is 4. The molecule has 4 rings (SSSR count). The van der Waals surface area contributed by atoms with Crippen molar-refractivity contribution >= 4 is 5.69 Å². The van der Waals surface area contributed by atoms with Crippen LogP contribution in [0.1, 0.15) is 12.8 Å². The molecule has 1 aromatic rings. The fourth-order valence-corrected chi connectivity index (χ4v) is 3.73. The largest absolute Gasteiger partial charge is 0.391 e. The second-order valence-electron chi connectivity index (χ2n) is 6.18. The van der Waals surface area contributed by atoms with Crippen LogP contribution in [0, 0.1) is 0 Å². The number of hydrogen-bond donors (Lipinski definition) is 1. The number of piperazine rings is 1. The molecule has 1 N–H and O–H groups in total. The van der Waals surface area contributed by atoms with Crippen LogP contribution >= 0.6 is 0 Å². The average Bonchev–Trinajstić information content (AvgIpc) is 3.25. The molecule has 108 valence electrons.